The number of halogens is 1. The number of urea groups is 1. The lowest BCUT2D eigenvalue weighted by molar-refractivity contribution is 0.262. The minimum absolute atomic E-state index is 0.303. The van der Waals surface area contributed by atoms with Gasteiger partial charge in [-0.05, 0) is 56.2 Å². The molecule has 31 heavy (non-hydrogen) atoms. The van der Waals surface area contributed by atoms with Crippen LogP contribution in [-0.2, 0) is 6.42 Å². The summed E-state index contributed by atoms with van der Waals surface area (Å²) in [6.07, 6.45) is 2.32. The number of nitrogens with zero attached hydrogens (tertiary/aromatic N) is 4. The molecule has 2 heterocycles. The Labute approximate surface area is 192 Å². The predicted octanol–water partition coefficient (Wildman–Crippen LogP) is 5.86. The van der Waals surface area contributed by atoms with Crippen LogP contribution >= 0.6 is 27.7 Å². The van der Waals surface area contributed by atoms with Crippen molar-refractivity contribution in [1.29, 1.82) is 0 Å². The third-order valence-corrected chi connectivity index (χ3v) is 6.87. The summed E-state index contributed by atoms with van der Waals surface area (Å²) in [5.41, 5.74) is 4.52. The van der Waals surface area contributed by atoms with Gasteiger partial charge in [0.15, 0.2) is 0 Å². The Morgan fingerprint density at radius 3 is 2.74 bits per heavy atom. The molecule has 0 aliphatic carbocycles. The first kappa shape index (κ1) is 21.3. The molecular formula is C22H21BrN6OS. The van der Waals surface area contributed by atoms with Gasteiger partial charge >= 0.3 is 6.03 Å². The molecule has 4 aromatic rings. The number of hydrogen-bond acceptors (Lipinski definition) is 5. The molecule has 0 saturated carbocycles. The zero-order chi connectivity index (χ0) is 22.0. The molecule has 0 aliphatic rings. The van der Waals surface area contributed by atoms with Crippen LogP contribution in [0.15, 0.2) is 63.2 Å². The maximum Gasteiger partial charge on any atom is 0.323 e. The molecule has 0 radical (unpaired) electrons. The fraction of sp³-hybridized carbons (Fsp3) is 0.182. The minimum atomic E-state index is -0.303. The van der Waals surface area contributed by atoms with Gasteiger partial charge in [-0.25, -0.2) is 9.78 Å². The molecule has 0 unspecified atom stereocenters. The summed E-state index contributed by atoms with van der Waals surface area (Å²) in [6.45, 7) is 6.05. The van der Waals surface area contributed by atoms with E-state index < -0.39 is 0 Å². The summed E-state index contributed by atoms with van der Waals surface area (Å²) >= 11 is 5.01. The lowest BCUT2D eigenvalue weighted by Gasteiger charge is -2.15. The van der Waals surface area contributed by atoms with E-state index in [1.54, 1.807) is 4.52 Å². The first-order chi connectivity index (χ1) is 15.0. The molecule has 0 spiro atoms. The summed E-state index contributed by atoms with van der Waals surface area (Å²) in [5.74, 6) is 0.561. The molecule has 2 aromatic heterocycles. The topological polar surface area (TPSA) is 84.2 Å². The lowest BCUT2D eigenvalue weighted by Crippen LogP contribution is -2.19. The van der Waals surface area contributed by atoms with Gasteiger partial charge in [0, 0.05) is 26.3 Å². The van der Waals surface area contributed by atoms with Crippen molar-refractivity contribution in [2.45, 2.75) is 37.1 Å². The van der Waals surface area contributed by atoms with Crippen LogP contribution in [-0.4, -0.2) is 25.6 Å². The largest absolute Gasteiger partial charge is 0.323 e. The summed E-state index contributed by atoms with van der Waals surface area (Å²) in [7, 11) is 0. The third-order valence-electron chi connectivity index (χ3n) is 4.80. The number of amides is 2. The van der Waals surface area contributed by atoms with Crippen molar-refractivity contribution in [2.75, 3.05) is 10.6 Å². The summed E-state index contributed by atoms with van der Waals surface area (Å²) < 4.78 is 2.75. The van der Waals surface area contributed by atoms with Crippen molar-refractivity contribution in [2.24, 2.45) is 0 Å². The minimum Gasteiger partial charge on any atom is -0.308 e. The van der Waals surface area contributed by atoms with Crippen molar-refractivity contribution in [3.8, 4) is 0 Å². The lowest BCUT2D eigenvalue weighted by atomic mass is 10.2. The first-order valence-corrected chi connectivity index (χ1v) is 11.4. The average Bonchev–Trinajstić information content (AvgIpc) is 3.20. The van der Waals surface area contributed by atoms with Crippen molar-refractivity contribution >= 4 is 50.9 Å². The molecule has 2 amide bonds. The second kappa shape index (κ2) is 9.07. The van der Waals surface area contributed by atoms with Crippen LogP contribution in [0.25, 0.3) is 5.78 Å². The second-order valence-corrected chi connectivity index (χ2v) is 8.83. The molecule has 0 aliphatic heterocycles. The van der Waals surface area contributed by atoms with Gasteiger partial charge in [0.2, 0.25) is 0 Å². The molecule has 158 valence electrons. The van der Waals surface area contributed by atoms with E-state index in [1.807, 2.05) is 56.3 Å². The summed E-state index contributed by atoms with van der Waals surface area (Å²) in [4.78, 5) is 22.3. The number of hydrogen-bond donors (Lipinski definition) is 2. The van der Waals surface area contributed by atoms with Crippen molar-refractivity contribution in [3.05, 3.63) is 70.1 Å². The Morgan fingerprint density at radius 1 is 1.16 bits per heavy atom. The quantitative estimate of drug-likeness (QED) is 0.338. The highest BCUT2D eigenvalue weighted by atomic mass is 79.9. The fourth-order valence-corrected chi connectivity index (χ4v) is 4.70. The van der Waals surface area contributed by atoms with Gasteiger partial charge in [-0.1, -0.05) is 46.7 Å². The number of carbonyl (C=O) groups is 1. The van der Waals surface area contributed by atoms with Gasteiger partial charge in [0.05, 0.1) is 5.69 Å². The number of carbonyl (C=O) groups excluding carboxylic acids is 1. The van der Waals surface area contributed by atoms with Gasteiger partial charge in [0.1, 0.15) is 11.4 Å². The number of benzene rings is 2. The molecule has 2 N–H and O–H groups in total. The van der Waals surface area contributed by atoms with E-state index in [4.69, 9.17) is 0 Å². The molecule has 0 atom stereocenters. The van der Waals surface area contributed by atoms with Crippen LogP contribution in [0.5, 0.6) is 0 Å². The Balaban J connectivity index is 1.61. The highest BCUT2D eigenvalue weighted by molar-refractivity contribution is 9.10. The molecule has 4 rings (SSSR count). The molecular weight excluding hydrogens is 476 g/mol. The fourth-order valence-electron chi connectivity index (χ4n) is 3.24. The van der Waals surface area contributed by atoms with Gasteiger partial charge in [0.25, 0.3) is 5.78 Å². The number of rotatable bonds is 5. The Hall–Kier alpha value is -2.91. The van der Waals surface area contributed by atoms with E-state index in [0.717, 1.165) is 43.3 Å². The van der Waals surface area contributed by atoms with E-state index in [0.29, 0.717) is 11.5 Å². The average molecular weight is 497 g/mol. The number of anilines is 2. The van der Waals surface area contributed by atoms with E-state index >= 15 is 0 Å². The number of para-hydroxylation sites is 1. The van der Waals surface area contributed by atoms with Crippen LogP contribution in [0.4, 0.5) is 16.2 Å². The number of aromatic nitrogens is 4. The maximum atomic E-state index is 12.7. The van der Waals surface area contributed by atoms with Crippen molar-refractivity contribution < 1.29 is 4.79 Å². The number of aryl methyl sites for hydroxylation is 2. The molecule has 0 saturated heterocycles. The monoisotopic (exact) mass is 496 g/mol. The van der Waals surface area contributed by atoms with Gasteiger partial charge < -0.3 is 10.6 Å². The SMILES string of the molecule is CCc1c(C)nc2ncnn2c1Sc1ccccc1NC(=O)Nc1ccc(Br)c(C)c1. The first-order valence-electron chi connectivity index (χ1n) is 9.76. The van der Waals surface area contributed by atoms with Crippen LogP contribution in [0.2, 0.25) is 0 Å². The number of nitrogens with one attached hydrogen (secondary N) is 2. The number of fused-ring (bicyclic) bond motifs is 1. The van der Waals surface area contributed by atoms with E-state index in [2.05, 4.69) is 48.6 Å². The Morgan fingerprint density at radius 2 is 1.97 bits per heavy atom. The summed E-state index contributed by atoms with van der Waals surface area (Å²) in [6, 6.07) is 13.1. The summed E-state index contributed by atoms with van der Waals surface area (Å²) in [5, 5.41) is 11.1. The zero-order valence-corrected chi connectivity index (χ0v) is 19.7. The zero-order valence-electron chi connectivity index (χ0n) is 17.3. The molecule has 9 heteroatoms. The Kier molecular flexibility index (Phi) is 6.24. The van der Waals surface area contributed by atoms with E-state index in [1.165, 1.54) is 18.1 Å². The van der Waals surface area contributed by atoms with Crippen molar-refractivity contribution in [3.63, 3.8) is 0 Å². The van der Waals surface area contributed by atoms with Crippen LogP contribution in [0.1, 0.15) is 23.7 Å². The Bertz CT molecular complexity index is 1270. The second-order valence-electron chi connectivity index (χ2n) is 6.95. The maximum absolute atomic E-state index is 12.7. The van der Waals surface area contributed by atoms with Crippen LogP contribution in [0, 0.1) is 13.8 Å². The predicted molar refractivity (Wildman–Crippen MR) is 127 cm³/mol. The standard InChI is InChI=1S/C22H21BrN6OS/c1-4-16-14(3)26-21-24-12-25-29(21)20(16)31-19-8-6-5-7-18(19)28-22(30)27-15-9-10-17(23)13(2)11-15/h5-12H,4H2,1-3H3,(H2,27,28,30). The highest BCUT2D eigenvalue weighted by Crippen LogP contribution is 2.36. The molecule has 7 nitrogen and oxygen atoms in total. The molecule has 0 fully saturated rings. The van der Waals surface area contributed by atoms with Gasteiger partial charge in [-0.15, -0.1) is 0 Å². The van der Waals surface area contributed by atoms with Crippen molar-refractivity contribution in [1.82, 2.24) is 19.6 Å². The smallest absolute Gasteiger partial charge is 0.308 e. The molecule has 0 bridgehead atoms. The van der Waals surface area contributed by atoms with Gasteiger partial charge in [-0.2, -0.15) is 14.6 Å². The molecule has 2 aromatic carbocycles. The third kappa shape index (κ3) is 4.57. The van der Waals surface area contributed by atoms with Crippen LogP contribution < -0.4 is 10.6 Å². The normalized spacial score (nSPS) is 11.0. The van der Waals surface area contributed by atoms with E-state index in [9.17, 15) is 4.79 Å². The van der Waals surface area contributed by atoms with Gasteiger partial charge in [-0.3, -0.25) is 0 Å². The van der Waals surface area contributed by atoms with Crippen LogP contribution in [0.3, 0.4) is 0 Å². The van der Waals surface area contributed by atoms with E-state index in [-0.39, 0.29) is 6.03 Å². The highest BCUT2D eigenvalue weighted by Gasteiger charge is 2.17.